The van der Waals surface area contributed by atoms with Crippen molar-refractivity contribution in [2.45, 2.75) is 371 Å². The quantitative estimate of drug-likeness (QED) is 0.0119. The van der Waals surface area contributed by atoms with Gasteiger partial charge in [0, 0.05) is 157 Å². The van der Waals surface area contributed by atoms with Gasteiger partial charge in [0.2, 0.25) is 35.1 Å². The summed E-state index contributed by atoms with van der Waals surface area (Å²) in [5, 5.41) is 14.7. The maximum absolute atomic E-state index is 13.5. The number of ether oxygens (including phenoxy) is 5. The minimum atomic E-state index is -1.80. The van der Waals surface area contributed by atoms with Gasteiger partial charge in [-0.25, -0.2) is 14.6 Å². The Bertz CT molecular complexity index is 4190. The molecule has 0 aliphatic carbocycles. The lowest BCUT2D eigenvalue weighted by molar-refractivity contribution is -0.190. The maximum Gasteiger partial charge on any atom is 0.355 e. The molecule has 6 heterocycles. The Kier molecular flexibility index (Phi) is 66.1. The molecule has 0 radical (unpaired) electrons. The number of unbranched alkanes of at least 4 members (excludes halogenated alkanes) is 17. The van der Waals surface area contributed by atoms with E-state index in [2.05, 4.69) is 40.4 Å². The number of aromatic nitrogens is 2. The lowest BCUT2D eigenvalue weighted by Gasteiger charge is -2.36. The lowest BCUT2D eigenvalue weighted by atomic mass is 9.85. The Morgan fingerprint density at radius 1 is 0.453 bits per heavy atom. The Morgan fingerprint density at radius 2 is 0.898 bits per heavy atom. The van der Waals surface area contributed by atoms with E-state index >= 15 is 0 Å². The highest BCUT2D eigenvalue weighted by Gasteiger charge is 2.51. The fourth-order valence-corrected chi connectivity index (χ4v) is 14.6. The monoisotopic (exact) mass is 1920 g/mol. The van der Waals surface area contributed by atoms with Crippen LogP contribution in [0, 0.1) is 0 Å². The third kappa shape index (κ3) is 51.8. The Labute approximate surface area is 812 Å². The van der Waals surface area contributed by atoms with E-state index in [9.17, 15) is 86.3 Å². The number of hydrogen-bond acceptors (Lipinski definition) is 25. The molecule has 2 aromatic heterocycles. The number of esters is 5. The molecule has 1 unspecified atom stereocenters. The van der Waals surface area contributed by atoms with Gasteiger partial charge in [-0.2, -0.15) is 0 Å². The number of para-hydroxylation sites is 1. The van der Waals surface area contributed by atoms with Crippen molar-refractivity contribution < 1.29 is 105 Å². The highest BCUT2D eigenvalue weighted by molar-refractivity contribution is 6.13. The summed E-state index contributed by atoms with van der Waals surface area (Å²) in [5.74, 6) is -2.56. The van der Waals surface area contributed by atoms with Gasteiger partial charge in [0.1, 0.15) is 30.8 Å². The summed E-state index contributed by atoms with van der Waals surface area (Å²) in [4.78, 5) is 220. The third-order valence-electron chi connectivity index (χ3n) is 22.8. The predicted octanol–water partition coefficient (Wildman–Crippen LogP) is 14.8. The van der Waals surface area contributed by atoms with Gasteiger partial charge in [0.25, 0.3) is 29.2 Å². The van der Waals surface area contributed by atoms with Crippen LogP contribution in [0.15, 0.2) is 65.5 Å². The van der Waals surface area contributed by atoms with Gasteiger partial charge in [-0.05, 0) is 155 Å². The number of nitrogens with one attached hydrogen (secondary N) is 5. The Balaban J connectivity index is 0.000000570. The molecule has 766 valence electrons. The predicted molar refractivity (Wildman–Crippen MR) is 526 cm³/mol. The van der Waals surface area contributed by atoms with Crippen LogP contribution in [0.5, 0.6) is 0 Å². The molecule has 0 fully saturated rings. The Morgan fingerprint density at radius 3 is 1.41 bits per heavy atom. The molecule has 4 aliphatic heterocycles. The fraction of sp³-hybridized carbons (Fsp3) is 0.663. The molecular formula is C104H162N10O23. The summed E-state index contributed by atoms with van der Waals surface area (Å²) in [7, 11) is 1.90. The van der Waals surface area contributed by atoms with Crippen molar-refractivity contribution in [3.63, 3.8) is 0 Å². The standard InChI is InChI=1S/C26H25N3O6.C21H38N2O5.C16H25NO3.C15H24N2O3.2C13H25NO3/c1-4-21(30)27-14(3)24(32)35-26(5-2)18-11-20-22-16(10-15-8-6-7-9-19(15)28-22)12-29(20)23(31)17(18)13-34-25(26)33;1-4-6-9-18(24)12-13-21(27)28-16-15-23(3)14-8-10-19(25)17-22-20(26)11-7-5-2;1-2-3-4-6-9-14(18)10-7-5-8-13-17-15(19)11-12-16(17)20;1-2-3-6-11-16-13(18)8-5-4-7-12-17-14(19)9-10-15(17)20;2*1-3-11-14-12(15)9-7-5-6-8-10-13(16)17-4-2/h6-11,14H,4-5,12-13H2,1-3H3,(H,27,30);4-17H2,1-3H3,(H,22,26);11-12H,2-10,13H2,1H3;9-10H,2-8,11-12H2,1H3,(H,16,18);2*3-11H2,1-2H3,(H,14,15)/t14?,26-;;;;;/m0...../s1. The first kappa shape index (κ1) is 122. The summed E-state index contributed by atoms with van der Waals surface area (Å²) in [6.45, 7) is 26.8. The number of carbonyl (C=O) groups excluding carboxylic acids is 17. The number of rotatable bonds is 64. The fourth-order valence-electron chi connectivity index (χ4n) is 14.6. The molecule has 0 spiro atoms. The largest absolute Gasteiger partial charge is 0.466 e. The first-order chi connectivity index (χ1) is 65.9. The topological polar surface area (TPSA) is 441 Å². The number of nitrogens with zero attached hydrogens (tertiary/aromatic N) is 5. The van der Waals surface area contributed by atoms with Crippen molar-refractivity contribution in [1.29, 1.82) is 0 Å². The lowest BCUT2D eigenvalue weighted by Crippen LogP contribution is -2.50. The molecule has 2 atom stereocenters. The number of imide groups is 2. The molecule has 4 aliphatic rings. The van der Waals surface area contributed by atoms with E-state index < -0.39 is 23.6 Å². The van der Waals surface area contributed by atoms with E-state index in [0.29, 0.717) is 139 Å². The van der Waals surface area contributed by atoms with E-state index in [4.69, 9.17) is 28.7 Å². The number of ketones is 3. The Hall–Kier alpha value is -11.0. The van der Waals surface area contributed by atoms with E-state index in [-0.39, 0.29) is 139 Å². The first-order valence-corrected chi connectivity index (χ1v) is 50.6. The normalized spacial score (nSPS) is 13.6. The second kappa shape index (κ2) is 74.2. The molecule has 7 rings (SSSR count). The number of benzene rings is 1. The van der Waals surface area contributed by atoms with Gasteiger partial charge in [-0.3, -0.25) is 86.5 Å². The SMILES string of the molecule is CCC(=O)NC(C)C(=O)O[C@]1(CC)C(=O)OCc2c1cc1n(c2=O)Cc2cc3ccccc3nc2-1.CCCCC(=O)CCC(=O)OCCN(C)CCCC(=O)CNC(=O)CCCC.CCCCCCC(=O)CCCCCN1C(=O)C=CC1=O.CCCCCNC(=O)CCCCCN1C(=O)C=CC1=O.CCCNC(=O)CCCCCCC(=O)OCC.CCCNC(=O)CCCCCCC(=O)OCC. The van der Waals surface area contributed by atoms with Gasteiger partial charge < -0.3 is 59.7 Å². The summed E-state index contributed by atoms with van der Waals surface area (Å²) in [6.07, 6.45) is 37.9. The first-order valence-electron chi connectivity index (χ1n) is 50.6. The molecule has 1 aromatic carbocycles. The maximum atomic E-state index is 13.5. The molecule has 0 bridgehead atoms. The molecular weight excluding hydrogens is 1760 g/mol. The molecule has 5 N–H and O–H groups in total. The highest BCUT2D eigenvalue weighted by atomic mass is 16.6. The van der Waals surface area contributed by atoms with Crippen molar-refractivity contribution >= 4 is 111 Å². The molecule has 9 amide bonds. The smallest absolute Gasteiger partial charge is 0.355 e. The van der Waals surface area contributed by atoms with Gasteiger partial charge in [0.15, 0.2) is 5.78 Å². The van der Waals surface area contributed by atoms with Crippen LogP contribution in [0.1, 0.15) is 363 Å². The average molecular weight is 1920 g/mol. The second-order valence-corrected chi connectivity index (χ2v) is 34.5. The number of likely N-dealkylation sites (N-methyl/N-ethyl adjacent to an activating group) is 1. The molecule has 33 nitrogen and oxygen atoms in total. The molecule has 0 saturated heterocycles. The zero-order chi connectivity index (χ0) is 102. The average Bonchev–Trinajstić information content (AvgIpc) is 1.60. The van der Waals surface area contributed by atoms with E-state index in [1.807, 2.05) is 83.8 Å². The van der Waals surface area contributed by atoms with Crippen LogP contribution in [0.25, 0.3) is 22.3 Å². The number of hydrogen-bond donors (Lipinski definition) is 5. The van der Waals surface area contributed by atoms with Crippen LogP contribution in [-0.4, -0.2) is 210 Å². The third-order valence-corrected chi connectivity index (χ3v) is 22.8. The molecule has 3 aromatic rings. The highest BCUT2D eigenvalue weighted by Crippen LogP contribution is 2.41. The van der Waals surface area contributed by atoms with Crippen LogP contribution in [0.2, 0.25) is 0 Å². The number of cyclic esters (lactones) is 1. The van der Waals surface area contributed by atoms with Crippen LogP contribution in [0.3, 0.4) is 0 Å². The number of fused-ring (bicyclic) bond motifs is 5. The minimum absolute atomic E-state index is 0.0254. The molecule has 0 saturated carbocycles. The van der Waals surface area contributed by atoms with E-state index in [0.717, 1.165) is 197 Å². The van der Waals surface area contributed by atoms with Crippen molar-refractivity contribution in [2.24, 2.45) is 0 Å². The minimum Gasteiger partial charge on any atom is -0.466 e. The number of carbonyl (C=O) groups is 17. The van der Waals surface area contributed by atoms with Gasteiger partial charge in [0.05, 0.1) is 55.2 Å². The van der Waals surface area contributed by atoms with Crippen molar-refractivity contribution in [2.75, 3.05) is 79.2 Å². The second-order valence-electron chi connectivity index (χ2n) is 34.5. The molecule has 137 heavy (non-hydrogen) atoms. The van der Waals surface area contributed by atoms with Gasteiger partial charge >= 0.3 is 29.8 Å². The summed E-state index contributed by atoms with van der Waals surface area (Å²) < 4.78 is 27.5. The van der Waals surface area contributed by atoms with Crippen LogP contribution >= 0.6 is 0 Å². The van der Waals surface area contributed by atoms with E-state index in [1.54, 1.807) is 24.5 Å². The molecule has 33 heteroatoms. The van der Waals surface area contributed by atoms with Crippen LogP contribution in [-0.2, 0) is 124 Å². The van der Waals surface area contributed by atoms with Gasteiger partial charge in [-0.1, -0.05) is 157 Å². The van der Waals surface area contributed by atoms with Crippen molar-refractivity contribution in [3.05, 3.63) is 87.7 Å². The number of pyridine rings is 2. The van der Waals surface area contributed by atoms with E-state index in [1.165, 1.54) is 53.9 Å². The number of amides is 9. The van der Waals surface area contributed by atoms with Crippen molar-refractivity contribution in [3.8, 4) is 11.4 Å². The van der Waals surface area contributed by atoms with Crippen LogP contribution in [0.4, 0.5) is 0 Å². The van der Waals surface area contributed by atoms with Crippen molar-refractivity contribution in [1.82, 2.24) is 50.8 Å². The van der Waals surface area contributed by atoms with Crippen LogP contribution < -0.4 is 32.1 Å². The zero-order valence-electron chi connectivity index (χ0n) is 84.4. The summed E-state index contributed by atoms with van der Waals surface area (Å²) >= 11 is 0. The summed E-state index contributed by atoms with van der Waals surface area (Å²) in [5.41, 5.74) is 1.36. The van der Waals surface area contributed by atoms with Gasteiger partial charge in [-0.15, -0.1) is 0 Å². The zero-order valence-corrected chi connectivity index (χ0v) is 84.4. The number of Topliss-reactive ketones (excluding diaryl/α,β-unsaturated/α-hetero) is 3. The summed E-state index contributed by atoms with van der Waals surface area (Å²) in [6, 6.07) is 10.4.